The Kier molecular flexibility index (Phi) is 4.88. The topological polar surface area (TPSA) is 43.4 Å². The maximum Gasteiger partial charge on any atom is 0.313 e. The van der Waals surface area contributed by atoms with E-state index in [9.17, 15) is 9.59 Å². The van der Waals surface area contributed by atoms with E-state index in [1.54, 1.807) is 0 Å². The molecule has 0 amide bonds. The molecule has 1 rings (SSSR count). The van der Waals surface area contributed by atoms with Crippen LogP contribution in [0.1, 0.15) is 44.2 Å². The second-order valence-electron chi connectivity index (χ2n) is 4.44. The van der Waals surface area contributed by atoms with Gasteiger partial charge in [-0.2, -0.15) is 0 Å². The lowest BCUT2D eigenvalue weighted by Gasteiger charge is -2.07. The standard InChI is InChI=1S/C14H18O3/c1-10(2)13-6-4-12(5-7-13)9-17-14(16)8-11(3)15/h4-7,10H,8-9H2,1-3H3. The predicted octanol–water partition coefficient (Wildman–Crippen LogP) is 2.83. The Morgan fingerprint density at radius 1 is 1.18 bits per heavy atom. The van der Waals surface area contributed by atoms with Gasteiger partial charge in [-0.1, -0.05) is 38.1 Å². The van der Waals surface area contributed by atoms with Gasteiger partial charge in [-0.15, -0.1) is 0 Å². The molecule has 0 aliphatic heterocycles. The molecule has 1 aromatic carbocycles. The zero-order valence-electron chi connectivity index (χ0n) is 10.5. The lowest BCUT2D eigenvalue weighted by Crippen LogP contribution is -2.08. The fourth-order valence-electron chi connectivity index (χ4n) is 1.42. The number of ether oxygens (including phenoxy) is 1. The van der Waals surface area contributed by atoms with Crippen molar-refractivity contribution < 1.29 is 14.3 Å². The third kappa shape index (κ3) is 4.81. The average molecular weight is 234 g/mol. The van der Waals surface area contributed by atoms with E-state index in [0.717, 1.165) is 5.56 Å². The molecule has 0 saturated heterocycles. The van der Waals surface area contributed by atoms with Gasteiger partial charge in [0.15, 0.2) is 0 Å². The molecular weight excluding hydrogens is 216 g/mol. The second-order valence-corrected chi connectivity index (χ2v) is 4.44. The summed E-state index contributed by atoms with van der Waals surface area (Å²) in [5.74, 6) is -0.153. The minimum absolute atomic E-state index is 0.149. The number of ketones is 1. The van der Waals surface area contributed by atoms with E-state index in [-0.39, 0.29) is 18.8 Å². The van der Waals surface area contributed by atoms with Crippen LogP contribution in [-0.4, -0.2) is 11.8 Å². The summed E-state index contributed by atoms with van der Waals surface area (Å²) in [5.41, 5.74) is 2.19. The van der Waals surface area contributed by atoms with Crippen molar-refractivity contribution in [1.82, 2.24) is 0 Å². The van der Waals surface area contributed by atoms with Crippen LogP contribution < -0.4 is 0 Å². The molecule has 0 aliphatic carbocycles. The number of hydrogen-bond acceptors (Lipinski definition) is 3. The molecule has 0 bridgehead atoms. The van der Waals surface area contributed by atoms with E-state index in [1.165, 1.54) is 12.5 Å². The van der Waals surface area contributed by atoms with Crippen LogP contribution in [0.15, 0.2) is 24.3 Å². The van der Waals surface area contributed by atoms with E-state index < -0.39 is 5.97 Å². The highest BCUT2D eigenvalue weighted by Gasteiger charge is 2.06. The number of benzene rings is 1. The van der Waals surface area contributed by atoms with Gasteiger partial charge in [0.05, 0.1) is 0 Å². The Bertz CT molecular complexity index is 390. The predicted molar refractivity (Wildman–Crippen MR) is 65.6 cm³/mol. The highest BCUT2D eigenvalue weighted by molar-refractivity contribution is 5.94. The van der Waals surface area contributed by atoms with Crippen LogP contribution in [0, 0.1) is 0 Å². The average Bonchev–Trinajstić information content (AvgIpc) is 2.26. The first-order valence-electron chi connectivity index (χ1n) is 5.73. The van der Waals surface area contributed by atoms with E-state index in [1.807, 2.05) is 24.3 Å². The van der Waals surface area contributed by atoms with Crippen LogP contribution >= 0.6 is 0 Å². The van der Waals surface area contributed by atoms with Crippen molar-refractivity contribution in [3.05, 3.63) is 35.4 Å². The summed E-state index contributed by atoms with van der Waals surface area (Å²) >= 11 is 0. The van der Waals surface area contributed by atoms with Crippen LogP contribution in [0.4, 0.5) is 0 Å². The fourth-order valence-corrected chi connectivity index (χ4v) is 1.42. The van der Waals surface area contributed by atoms with Gasteiger partial charge in [0.1, 0.15) is 18.8 Å². The number of hydrogen-bond donors (Lipinski definition) is 0. The van der Waals surface area contributed by atoms with Crippen molar-refractivity contribution in [2.75, 3.05) is 0 Å². The highest BCUT2D eigenvalue weighted by Crippen LogP contribution is 2.15. The van der Waals surface area contributed by atoms with E-state index >= 15 is 0 Å². The van der Waals surface area contributed by atoms with Crippen LogP contribution in [0.2, 0.25) is 0 Å². The third-order valence-electron chi connectivity index (χ3n) is 2.44. The summed E-state index contributed by atoms with van der Waals surface area (Å²) in [6.07, 6.45) is -0.149. The van der Waals surface area contributed by atoms with Crippen molar-refractivity contribution in [3.63, 3.8) is 0 Å². The molecule has 0 heterocycles. The Morgan fingerprint density at radius 3 is 2.24 bits per heavy atom. The fraction of sp³-hybridized carbons (Fsp3) is 0.429. The Morgan fingerprint density at radius 2 is 1.76 bits per heavy atom. The van der Waals surface area contributed by atoms with Crippen LogP contribution in [-0.2, 0) is 20.9 Å². The summed E-state index contributed by atoms with van der Waals surface area (Å²) in [6, 6.07) is 7.93. The molecule has 1 aromatic rings. The molecule has 0 spiro atoms. The summed E-state index contributed by atoms with van der Waals surface area (Å²) < 4.78 is 4.98. The molecule has 92 valence electrons. The maximum absolute atomic E-state index is 11.2. The highest BCUT2D eigenvalue weighted by atomic mass is 16.5. The zero-order chi connectivity index (χ0) is 12.8. The van der Waals surface area contributed by atoms with Crippen LogP contribution in [0.3, 0.4) is 0 Å². The van der Waals surface area contributed by atoms with Crippen molar-refractivity contribution in [2.45, 2.75) is 39.7 Å². The quantitative estimate of drug-likeness (QED) is 0.581. The first kappa shape index (κ1) is 13.4. The lowest BCUT2D eigenvalue weighted by molar-refractivity contribution is -0.146. The van der Waals surface area contributed by atoms with Gasteiger partial charge in [-0.25, -0.2) is 0 Å². The van der Waals surface area contributed by atoms with Crippen LogP contribution in [0.25, 0.3) is 0 Å². The van der Waals surface area contributed by atoms with Gasteiger partial charge in [-0.3, -0.25) is 9.59 Å². The normalized spacial score (nSPS) is 10.4. The molecular formula is C14H18O3. The molecule has 0 radical (unpaired) electrons. The number of esters is 1. The molecule has 0 N–H and O–H groups in total. The molecule has 0 fully saturated rings. The maximum atomic E-state index is 11.2. The Hall–Kier alpha value is -1.64. The van der Waals surface area contributed by atoms with Gasteiger partial charge in [0.25, 0.3) is 0 Å². The van der Waals surface area contributed by atoms with E-state index in [0.29, 0.717) is 5.92 Å². The molecule has 0 unspecified atom stereocenters. The zero-order valence-corrected chi connectivity index (χ0v) is 10.5. The minimum atomic E-state index is -0.467. The lowest BCUT2D eigenvalue weighted by atomic mass is 10.0. The first-order chi connectivity index (χ1) is 7.99. The van der Waals surface area contributed by atoms with Gasteiger partial charge in [0, 0.05) is 0 Å². The van der Waals surface area contributed by atoms with Crippen molar-refractivity contribution >= 4 is 11.8 Å². The van der Waals surface area contributed by atoms with Crippen molar-refractivity contribution in [3.8, 4) is 0 Å². The van der Waals surface area contributed by atoms with Gasteiger partial charge >= 0.3 is 5.97 Å². The molecule has 0 aromatic heterocycles. The molecule has 0 atom stereocenters. The summed E-state index contributed by atoms with van der Waals surface area (Å²) in [6.45, 7) is 5.85. The van der Waals surface area contributed by atoms with Gasteiger partial charge in [0.2, 0.25) is 0 Å². The molecule has 3 heteroatoms. The first-order valence-corrected chi connectivity index (χ1v) is 5.73. The number of rotatable bonds is 5. The second kappa shape index (κ2) is 6.18. The summed E-state index contributed by atoms with van der Waals surface area (Å²) in [7, 11) is 0. The SMILES string of the molecule is CC(=O)CC(=O)OCc1ccc(C(C)C)cc1. The van der Waals surface area contributed by atoms with Crippen molar-refractivity contribution in [2.24, 2.45) is 0 Å². The third-order valence-corrected chi connectivity index (χ3v) is 2.44. The number of carbonyl (C=O) groups excluding carboxylic acids is 2. The molecule has 0 saturated carbocycles. The molecule has 17 heavy (non-hydrogen) atoms. The van der Waals surface area contributed by atoms with Gasteiger partial charge in [-0.05, 0) is 24.0 Å². The smallest absolute Gasteiger partial charge is 0.313 e. The van der Waals surface area contributed by atoms with Gasteiger partial charge < -0.3 is 4.74 Å². The van der Waals surface area contributed by atoms with Crippen molar-refractivity contribution in [1.29, 1.82) is 0 Å². The van der Waals surface area contributed by atoms with E-state index in [4.69, 9.17) is 4.74 Å². The summed E-state index contributed by atoms with van der Waals surface area (Å²) in [5, 5.41) is 0. The Balaban J connectivity index is 2.47. The minimum Gasteiger partial charge on any atom is -0.460 e. The number of carbonyl (C=O) groups is 2. The van der Waals surface area contributed by atoms with Crippen LogP contribution in [0.5, 0.6) is 0 Å². The van der Waals surface area contributed by atoms with E-state index in [2.05, 4.69) is 13.8 Å². The Labute approximate surface area is 102 Å². The number of Topliss-reactive ketones (excluding diaryl/α,β-unsaturated/α-hetero) is 1. The molecule has 3 nitrogen and oxygen atoms in total. The summed E-state index contributed by atoms with van der Waals surface area (Å²) in [4.78, 5) is 21.8. The molecule has 0 aliphatic rings. The monoisotopic (exact) mass is 234 g/mol. The largest absolute Gasteiger partial charge is 0.460 e.